The first kappa shape index (κ1) is 22.6. The number of halogens is 1. The molecule has 0 aliphatic carbocycles. The van der Waals surface area contributed by atoms with Crippen molar-refractivity contribution in [1.29, 1.82) is 0 Å². The van der Waals surface area contributed by atoms with Gasteiger partial charge in [-0.3, -0.25) is 9.36 Å². The molecule has 1 aromatic heterocycles. The molecule has 1 N–H and O–H groups in total. The predicted molar refractivity (Wildman–Crippen MR) is 133 cm³/mol. The molecule has 0 fully saturated rings. The zero-order valence-electron chi connectivity index (χ0n) is 18.7. The molecule has 0 spiro atoms. The van der Waals surface area contributed by atoms with Crippen LogP contribution in [0.4, 0.5) is 10.5 Å². The summed E-state index contributed by atoms with van der Waals surface area (Å²) in [5, 5.41) is 3.94. The SMILES string of the molecule is Cc1ccccc1NC(=O)N(Cc1ccccc1)C(C)c1nc2ccc(Cl)cc2c(=O)n1C. The lowest BCUT2D eigenvalue weighted by Crippen LogP contribution is -2.39. The molecule has 1 heterocycles. The molecule has 0 saturated heterocycles. The van der Waals surface area contributed by atoms with E-state index in [1.54, 1.807) is 30.1 Å². The number of carbonyl (C=O) groups is 1. The average Bonchev–Trinajstić information content (AvgIpc) is 2.82. The third-order valence-corrected chi connectivity index (χ3v) is 5.99. The van der Waals surface area contributed by atoms with Crippen LogP contribution in [0.15, 0.2) is 77.6 Å². The maximum absolute atomic E-state index is 13.5. The van der Waals surface area contributed by atoms with Crippen molar-refractivity contribution >= 4 is 34.2 Å². The first-order chi connectivity index (χ1) is 15.8. The zero-order chi connectivity index (χ0) is 23.5. The summed E-state index contributed by atoms with van der Waals surface area (Å²) in [4.78, 5) is 32.9. The molecule has 6 nitrogen and oxygen atoms in total. The highest BCUT2D eigenvalue weighted by atomic mass is 35.5. The summed E-state index contributed by atoms with van der Waals surface area (Å²) >= 11 is 6.08. The van der Waals surface area contributed by atoms with Gasteiger partial charge in [0.25, 0.3) is 5.56 Å². The van der Waals surface area contributed by atoms with Crippen molar-refractivity contribution < 1.29 is 4.79 Å². The van der Waals surface area contributed by atoms with E-state index in [9.17, 15) is 9.59 Å². The van der Waals surface area contributed by atoms with E-state index in [-0.39, 0.29) is 11.6 Å². The number of anilines is 1. The van der Waals surface area contributed by atoms with Crippen molar-refractivity contribution in [2.75, 3.05) is 5.32 Å². The highest BCUT2D eigenvalue weighted by molar-refractivity contribution is 6.31. The Bertz CT molecular complexity index is 1370. The minimum atomic E-state index is -0.480. The fraction of sp³-hybridized carbons (Fsp3) is 0.192. The number of para-hydroxylation sites is 1. The number of amides is 2. The smallest absolute Gasteiger partial charge is 0.310 e. The number of aromatic nitrogens is 2. The topological polar surface area (TPSA) is 67.2 Å². The lowest BCUT2D eigenvalue weighted by Gasteiger charge is -2.30. The van der Waals surface area contributed by atoms with Crippen LogP contribution in [0.2, 0.25) is 5.02 Å². The van der Waals surface area contributed by atoms with Gasteiger partial charge >= 0.3 is 6.03 Å². The Morgan fingerprint density at radius 2 is 1.79 bits per heavy atom. The second-order valence-corrected chi connectivity index (χ2v) is 8.47. The molecule has 0 aliphatic heterocycles. The molecule has 0 bridgehead atoms. The third kappa shape index (κ3) is 4.76. The van der Waals surface area contributed by atoms with E-state index in [1.165, 1.54) is 4.57 Å². The molecular weight excluding hydrogens is 436 g/mol. The van der Waals surface area contributed by atoms with E-state index in [0.29, 0.717) is 28.3 Å². The number of hydrogen-bond donors (Lipinski definition) is 1. The Balaban J connectivity index is 1.75. The van der Waals surface area contributed by atoms with Crippen molar-refractivity contribution in [3.8, 4) is 0 Å². The quantitative estimate of drug-likeness (QED) is 0.416. The predicted octanol–water partition coefficient (Wildman–Crippen LogP) is 5.69. The molecule has 2 amide bonds. The van der Waals surface area contributed by atoms with E-state index in [0.717, 1.165) is 16.8 Å². The van der Waals surface area contributed by atoms with Crippen LogP contribution in [0.25, 0.3) is 10.9 Å². The van der Waals surface area contributed by atoms with E-state index >= 15 is 0 Å². The fourth-order valence-corrected chi connectivity index (χ4v) is 4.01. The van der Waals surface area contributed by atoms with Gasteiger partial charge in [-0.1, -0.05) is 60.1 Å². The minimum absolute atomic E-state index is 0.205. The summed E-state index contributed by atoms with van der Waals surface area (Å²) in [6.45, 7) is 4.18. The summed E-state index contributed by atoms with van der Waals surface area (Å²) in [5.41, 5.74) is 3.02. The van der Waals surface area contributed by atoms with Crippen LogP contribution in [0.1, 0.15) is 29.9 Å². The van der Waals surface area contributed by atoms with Gasteiger partial charge in [-0.05, 0) is 49.2 Å². The van der Waals surface area contributed by atoms with Crippen LogP contribution < -0.4 is 10.9 Å². The largest absolute Gasteiger partial charge is 0.322 e. The van der Waals surface area contributed by atoms with E-state index in [4.69, 9.17) is 16.6 Å². The van der Waals surface area contributed by atoms with Crippen molar-refractivity contribution in [2.45, 2.75) is 26.4 Å². The number of hydrogen-bond acceptors (Lipinski definition) is 3. The Hall–Kier alpha value is -3.64. The molecule has 0 aliphatic rings. The molecule has 7 heteroatoms. The van der Waals surface area contributed by atoms with Gasteiger partial charge < -0.3 is 10.2 Å². The second kappa shape index (κ2) is 9.46. The summed E-state index contributed by atoms with van der Waals surface area (Å²) in [6, 6.07) is 21.7. The molecule has 0 saturated carbocycles. The number of fused-ring (bicyclic) bond motifs is 1. The standard InChI is InChI=1S/C26H25ClN4O2/c1-17-9-7-8-12-22(17)29-26(33)31(16-19-10-5-4-6-11-19)18(2)24-28-23-14-13-20(27)15-21(23)25(32)30(24)3/h4-15,18H,16H2,1-3H3,(H,29,33). The molecule has 1 unspecified atom stereocenters. The van der Waals surface area contributed by atoms with Gasteiger partial charge in [0.15, 0.2) is 0 Å². The maximum Gasteiger partial charge on any atom is 0.322 e. The zero-order valence-corrected chi connectivity index (χ0v) is 19.5. The van der Waals surface area contributed by atoms with E-state index in [2.05, 4.69) is 5.32 Å². The molecule has 168 valence electrons. The number of urea groups is 1. The molecule has 3 aromatic carbocycles. The van der Waals surface area contributed by atoms with Gasteiger partial charge in [0.05, 0.1) is 16.9 Å². The van der Waals surface area contributed by atoms with Crippen LogP contribution in [0.5, 0.6) is 0 Å². The Morgan fingerprint density at radius 1 is 1.09 bits per heavy atom. The molecule has 33 heavy (non-hydrogen) atoms. The van der Waals surface area contributed by atoms with E-state index < -0.39 is 6.04 Å². The fourth-order valence-electron chi connectivity index (χ4n) is 3.84. The molecule has 0 radical (unpaired) electrons. The Labute approximate surface area is 197 Å². The Morgan fingerprint density at radius 3 is 2.52 bits per heavy atom. The van der Waals surface area contributed by atoms with Crippen LogP contribution in [-0.2, 0) is 13.6 Å². The lowest BCUT2D eigenvalue weighted by molar-refractivity contribution is 0.185. The number of nitrogens with one attached hydrogen (secondary N) is 1. The van der Waals surface area contributed by atoms with Gasteiger partial charge in [0.1, 0.15) is 5.82 Å². The number of aryl methyl sites for hydroxylation is 1. The van der Waals surface area contributed by atoms with Crippen LogP contribution in [-0.4, -0.2) is 20.5 Å². The first-order valence-corrected chi connectivity index (χ1v) is 11.1. The van der Waals surface area contributed by atoms with Crippen LogP contribution >= 0.6 is 11.6 Å². The summed E-state index contributed by atoms with van der Waals surface area (Å²) in [6.07, 6.45) is 0. The lowest BCUT2D eigenvalue weighted by atomic mass is 10.1. The highest BCUT2D eigenvalue weighted by Crippen LogP contribution is 2.24. The van der Waals surface area contributed by atoms with Gasteiger partial charge in [-0.2, -0.15) is 0 Å². The minimum Gasteiger partial charge on any atom is -0.310 e. The first-order valence-electron chi connectivity index (χ1n) is 10.7. The number of carbonyl (C=O) groups excluding carboxylic acids is 1. The van der Waals surface area contributed by atoms with Crippen molar-refractivity contribution in [3.05, 3.63) is 105 Å². The number of rotatable bonds is 5. The van der Waals surface area contributed by atoms with Crippen molar-refractivity contribution in [3.63, 3.8) is 0 Å². The molecule has 1 atom stereocenters. The monoisotopic (exact) mass is 460 g/mol. The average molecular weight is 461 g/mol. The van der Waals surface area contributed by atoms with Gasteiger partial charge in [0, 0.05) is 24.3 Å². The van der Waals surface area contributed by atoms with Gasteiger partial charge in [0.2, 0.25) is 0 Å². The normalized spacial score (nSPS) is 11.9. The third-order valence-electron chi connectivity index (χ3n) is 5.76. The Kier molecular flexibility index (Phi) is 6.47. The molecule has 4 aromatic rings. The van der Waals surface area contributed by atoms with Crippen molar-refractivity contribution in [1.82, 2.24) is 14.5 Å². The van der Waals surface area contributed by atoms with Crippen LogP contribution in [0.3, 0.4) is 0 Å². The highest BCUT2D eigenvalue weighted by Gasteiger charge is 2.26. The van der Waals surface area contributed by atoms with Gasteiger partial charge in [-0.15, -0.1) is 0 Å². The summed E-state index contributed by atoms with van der Waals surface area (Å²) in [5.74, 6) is 0.491. The number of benzene rings is 3. The van der Waals surface area contributed by atoms with E-state index in [1.807, 2.05) is 68.4 Å². The maximum atomic E-state index is 13.5. The van der Waals surface area contributed by atoms with Gasteiger partial charge in [-0.25, -0.2) is 9.78 Å². The summed E-state index contributed by atoms with van der Waals surface area (Å²) < 4.78 is 1.49. The van der Waals surface area contributed by atoms with Crippen molar-refractivity contribution in [2.24, 2.45) is 7.05 Å². The van der Waals surface area contributed by atoms with Crippen LogP contribution in [0, 0.1) is 6.92 Å². The second-order valence-electron chi connectivity index (χ2n) is 8.03. The number of nitrogens with zero attached hydrogens (tertiary/aromatic N) is 3. The molecule has 4 rings (SSSR count). The summed E-state index contributed by atoms with van der Waals surface area (Å²) in [7, 11) is 1.67. The molecular formula is C26H25ClN4O2.